The third-order valence-electron chi connectivity index (χ3n) is 5.35. The number of alkyl carbamates (subject to hydrolysis) is 1. The molecule has 0 radical (unpaired) electrons. The summed E-state index contributed by atoms with van der Waals surface area (Å²) in [6.07, 6.45) is 6.44. The summed E-state index contributed by atoms with van der Waals surface area (Å²) in [6, 6.07) is 12.3. The number of terminal acetylenes is 1. The van der Waals surface area contributed by atoms with Gasteiger partial charge < -0.3 is 25.2 Å². The molecule has 0 aliphatic heterocycles. The van der Waals surface area contributed by atoms with Crippen LogP contribution in [0.25, 0.3) is 6.08 Å². The molecule has 2 aromatic rings. The molecule has 0 saturated carbocycles. The lowest BCUT2D eigenvalue weighted by molar-refractivity contribution is -0.142. The van der Waals surface area contributed by atoms with E-state index in [4.69, 9.17) is 11.2 Å². The number of amides is 3. The second-order valence-corrected chi connectivity index (χ2v) is 9.48. The van der Waals surface area contributed by atoms with Crippen LogP contribution in [0.2, 0.25) is 0 Å². The Morgan fingerprint density at radius 2 is 1.82 bits per heavy atom. The molecule has 10 heteroatoms. The van der Waals surface area contributed by atoms with Gasteiger partial charge in [-0.15, -0.1) is 0 Å². The van der Waals surface area contributed by atoms with Gasteiger partial charge in [0.15, 0.2) is 0 Å². The van der Waals surface area contributed by atoms with E-state index in [9.17, 15) is 24.3 Å². The molecule has 3 N–H and O–H groups in total. The first-order chi connectivity index (χ1) is 18.4. The zero-order chi connectivity index (χ0) is 29.2. The molecular weight excluding hydrogens is 502 g/mol. The number of methoxy groups -OCH3 is 1. The number of benzene rings is 2. The van der Waals surface area contributed by atoms with Crippen molar-refractivity contribution in [3.05, 3.63) is 71.8 Å². The molecule has 0 saturated heterocycles. The van der Waals surface area contributed by atoms with Crippen molar-refractivity contribution in [1.29, 1.82) is 0 Å². The average Bonchev–Trinajstić information content (AvgIpc) is 2.89. The fourth-order valence-electron chi connectivity index (χ4n) is 3.55. The third kappa shape index (κ3) is 9.23. The zero-order valence-electron chi connectivity index (χ0n) is 22.4. The molecule has 39 heavy (non-hydrogen) atoms. The minimum Gasteiger partial charge on any atom is -0.508 e. The van der Waals surface area contributed by atoms with Gasteiger partial charge in [-0.25, -0.2) is 4.79 Å². The van der Waals surface area contributed by atoms with E-state index < -0.39 is 48.1 Å². The Kier molecular flexibility index (Phi) is 10.7. The molecule has 2 atom stereocenters. The topological polar surface area (TPSA) is 134 Å². The number of nitrogens with one attached hydrogen (secondary N) is 2. The SMILES string of the molecule is C#CN(C(=O)C(Cc1ccc(O)cc1)NC(=O)OC(C)(C)C)C(C(=O)NCC(=O)OC)c1cccc(C=C)c1. The van der Waals surface area contributed by atoms with Crippen molar-refractivity contribution in [2.24, 2.45) is 0 Å². The number of hydrogen-bond acceptors (Lipinski definition) is 7. The summed E-state index contributed by atoms with van der Waals surface area (Å²) in [7, 11) is 1.17. The molecule has 0 fully saturated rings. The van der Waals surface area contributed by atoms with Crippen LogP contribution in [-0.2, 0) is 30.3 Å². The Morgan fingerprint density at radius 1 is 1.15 bits per heavy atom. The van der Waals surface area contributed by atoms with Gasteiger partial charge in [0.05, 0.1) is 7.11 Å². The molecule has 0 aromatic heterocycles. The number of esters is 1. The fourth-order valence-corrected chi connectivity index (χ4v) is 3.55. The van der Waals surface area contributed by atoms with Crippen LogP contribution in [0.3, 0.4) is 0 Å². The molecule has 0 aliphatic carbocycles. The first kappa shape index (κ1) is 30.4. The van der Waals surface area contributed by atoms with Gasteiger partial charge >= 0.3 is 12.1 Å². The van der Waals surface area contributed by atoms with Crippen molar-refractivity contribution >= 4 is 30.0 Å². The summed E-state index contributed by atoms with van der Waals surface area (Å²) in [4.78, 5) is 52.4. The third-order valence-corrected chi connectivity index (χ3v) is 5.35. The molecule has 0 spiro atoms. The first-order valence-electron chi connectivity index (χ1n) is 12.0. The van der Waals surface area contributed by atoms with Gasteiger partial charge in [0.1, 0.15) is 30.0 Å². The molecule has 0 heterocycles. The number of aromatic hydroxyl groups is 1. The smallest absolute Gasteiger partial charge is 0.408 e. The Bertz CT molecular complexity index is 1240. The van der Waals surface area contributed by atoms with Crippen LogP contribution in [0.15, 0.2) is 55.1 Å². The van der Waals surface area contributed by atoms with Crippen molar-refractivity contribution < 1.29 is 33.8 Å². The van der Waals surface area contributed by atoms with Crippen LogP contribution in [0.1, 0.15) is 43.5 Å². The van der Waals surface area contributed by atoms with Crippen LogP contribution in [0, 0.1) is 12.5 Å². The van der Waals surface area contributed by atoms with Crippen LogP contribution in [0.5, 0.6) is 5.75 Å². The van der Waals surface area contributed by atoms with E-state index in [1.54, 1.807) is 63.2 Å². The Balaban J connectivity index is 2.51. The van der Waals surface area contributed by atoms with Gasteiger partial charge in [-0.05, 0) is 55.7 Å². The summed E-state index contributed by atoms with van der Waals surface area (Å²) in [5, 5.41) is 14.6. The summed E-state index contributed by atoms with van der Waals surface area (Å²) in [5.41, 5.74) is 0.764. The van der Waals surface area contributed by atoms with Crippen molar-refractivity contribution in [1.82, 2.24) is 15.5 Å². The number of nitrogens with zero attached hydrogens (tertiary/aromatic N) is 1. The van der Waals surface area contributed by atoms with Gasteiger partial charge in [-0.1, -0.05) is 49.4 Å². The molecule has 2 rings (SSSR count). The second-order valence-electron chi connectivity index (χ2n) is 9.48. The number of phenolic OH excluding ortho intramolecular Hbond substituents is 1. The van der Waals surface area contributed by atoms with Gasteiger partial charge in [-0.3, -0.25) is 19.3 Å². The largest absolute Gasteiger partial charge is 0.508 e. The lowest BCUT2D eigenvalue weighted by Gasteiger charge is -2.30. The van der Waals surface area contributed by atoms with E-state index in [0.29, 0.717) is 16.7 Å². The van der Waals surface area contributed by atoms with E-state index in [1.165, 1.54) is 19.2 Å². The summed E-state index contributed by atoms with van der Waals surface area (Å²) >= 11 is 0. The fraction of sp³-hybridized carbons (Fsp3) is 0.310. The lowest BCUT2D eigenvalue weighted by atomic mass is 9.99. The van der Waals surface area contributed by atoms with Crippen LogP contribution in [-0.4, -0.2) is 59.2 Å². The second kappa shape index (κ2) is 13.7. The van der Waals surface area contributed by atoms with Gasteiger partial charge in [-0.2, -0.15) is 0 Å². The standard InChI is InChI=1S/C29H33N3O7/c1-7-19-10-9-11-21(16-19)25(26(35)30-18-24(34)38-6)32(8-2)27(36)23(31-28(37)39-29(3,4)5)17-20-12-14-22(33)15-13-20/h2,7,9-16,23,25,33H,1,17-18H2,3-6H3,(H,30,35)(H,31,37). The number of ether oxygens (including phenoxy) is 2. The number of hydrogen-bond donors (Lipinski definition) is 3. The van der Waals surface area contributed by atoms with Crippen molar-refractivity contribution in [2.75, 3.05) is 13.7 Å². The van der Waals surface area contributed by atoms with Crippen molar-refractivity contribution in [3.63, 3.8) is 0 Å². The maximum atomic E-state index is 13.9. The predicted octanol–water partition coefficient (Wildman–Crippen LogP) is 2.92. The summed E-state index contributed by atoms with van der Waals surface area (Å²) in [5.74, 6) is -2.19. The molecule has 2 aromatic carbocycles. The van der Waals surface area contributed by atoms with Crippen LogP contribution >= 0.6 is 0 Å². The lowest BCUT2D eigenvalue weighted by Crippen LogP contribution is -2.52. The quantitative estimate of drug-likeness (QED) is 0.242. The van der Waals surface area contributed by atoms with Gasteiger partial charge in [0.25, 0.3) is 5.91 Å². The Labute approximate surface area is 228 Å². The van der Waals surface area contributed by atoms with E-state index >= 15 is 0 Å². The molecule has 206 valence electrons. The van der Waals surface area contributed by atoms with Crippen LogP contribution < -0.4 is 10.6 Å². The predicted molar refractivity (Wildman–Crippen MR) is 145 cm³/mol. The first-order valence-corrected chi connectivity index (χ1v) is 12.0. The molecule has 0 aliphatic rings. The van der Waals surface area contributed by atoms with E-state index in [1.807, 2.05) is 0 Å². The minimum atomic E-state index is -1.37. The van der Waals surface area contributed by atoms with Crippen molar-refractivity contribution in [2.45, 2.75) is 44.9 Å². The number of carbonyl (C=O) groups is 4. The highest BCUT2D eigenvalue weighted by molar-refractivity contribution is 5.94. The average molecular weight is 536 g/mol. The molecule has 10 nitrogen and oxygen atoms in total. The normalized spacial score (nSPS) is 12.2. The van der Waals surface area contributed by atoms with E-state index in [-0.39, 0.29) is 12.2 Å². The maximum Gasteiger partial charge on any atom is 0.408 e. The number of phenols is 1. The Hall–Kier alpha value is -4.78. The summed E-state index contributed by atoms with van der Waals surface area (Å²) < 4.78 is 9.92. The van der Waals surface area contributed by atoms with Crippen molar-refractivity contribution in [3.8, 4) is 18.2 Å². The monoisotopic (exact) mass is 535 g/mol. The number of carbonyl (C=O) groups excluding carboxylic acids is 4. The van der Waals surface area contributed by atoms with Crippen LogP contribution in [0.4, 0.5) is 4.79 Å². The molecule has 3 amide bonds. The highest BCUT2D eigenvalue weighted by atomic mass is 16.6. The highest BCUT2D eigenvalue weighted by Gasteiger charge is 2.36. The Morgan fingerprint density at radius 3 is 2.38 bits per heavy atom. The van der Waals surface area contributed by atoms with Gasteiger partial charge in [0.2, 0.25) is 5.91 Å². The maximum absolute atomic E-state index is 13.9. The zero-order valence-corrected chi connectivity index (χ0v) is 22.4. The molecular formula is C29H33N3O7. The highest BCUT2D eigenvalue weighted by Crippen LogP contribution is 2.24. The molecule has 2 unspecified atom stereocenters. The van der Waals surface area contributed by atoms with E-state index in [2.05, 4.69) is 28.0 Å². The minimum absolute atomic E-state index is 0.0245. The molecule has 0 bridgehead atoms. The van der Waals surface area contributed by atoms with Gasteiger partial charge in [0, 0.05) is 12.5 Å². The summed E-state index contributed by atoms with van der Waals surface area (Å²) in [6.45, 7) is 8.29. The number of rotatable bonds is 10. The van der Waals surface area contributed by atoms with E-state index in [0.717, 1.165) is 4.90 Å².